The molecule has 1 heterocycles. The van der Waals surface area contributed by atoms with E-state index in [-0.39, 0.29) is 6.04 Å². The first-order valence-corrected chi connectivity index (χ1v) is 5.56. The van der Waals surface area contributed by atoms with E-state index in [0.717, 1.165) is 6.42 Å². The second kappa shape index (κ2) is 4.62. The number of thioether (sulfide) groups is 1. The highest BCUT2D eigenvalue weighted by Gasteiger charge is 2.18. The van der Waals surface area contributed by atoms with Crippen LogP contribution in [-0.2, 0) is 0 Å². The van der Waals surface area contributed by atoms with Gasteiger partial charge < -0.3 is 10.2 Å². The van der Waals surface area contributed by atoms with Crippen molar-refractivity contribution >= 4 is 11.8 Å². The van der Waals surface area contributed by atoms with Crippen molar-refractivity contribution in [1.82, 2.24) is 10.2 Å². The maximum atomic E-state index is 5.37. The zero-order chi connectivity index (χ0) is 9.84. The molecule has 1 aromatic rings. The lowest BCUT2D eigenvalue weighted by Gasteiger charge is -2.05. The van der Waals surface area contributed by atoms with Crippen molar-refractivity contribution in [1.29, 1.82) is 0 Å². The molecule has 0 saturated heterocycles. The first kappa shape index (κ1) is 10.5. The van der Waals surface area contributed by atoms with E-state index in [9.17, 15) is 0 Å². The topological polar surface area (TPSA) is 66.6 Å². The van der Waals surface area contributed by atoms with E-state index < -0.39 is 0 Å². The van der Waals surface area contributed by atoms with Crippen molar-refractivity contribution in [2.45, 2.75) is 31.5 Å². The van der Waals surface area contributed by atoms with Crippen molar-refractivity contribution in [3.05, 3.63) is 5.89 Å². The molecule has 0 aromatic carbocycles. The van der Waals surface area contributed by atoms with E-state index in [2.05, 4.69) is 29.8 Å². The second-order valence-electron chi connectivity index (χ2n) is 3.44. The number of aromatic nitrogens is 2. The third-order valence-corrected chi connectivity index (χ3v) is 2.22. The Morgan fingerprint density at radius 3 is 2.62 bits per heavy atom. The lowest BCUT2D eigenvalue weighted by Crippen LogP contribution is -2.54. The molecule has 0 aliphatic carbocycles. The highest BCUT2D eigenvalue weighted by Crippen LogP contribution is 2.19. The quantitative estimate of drug-likeness (QED) is 0.743. The van der Waals surface area contributed by atoms with Gasteiger partial charge in [-0.3, -0.25) is 0 Å². The predicted octanol–water partition coefficient (Wildman–Crippen LogP) is 1.12. The molecule has 0 saturated carbocycles. The largest absolute Gasteiger partial charge is 0.410 e. The molecular weight excluding hydrogens is 186 g/mol. The summed E-state index contributed by atoms with van der Waals surface area (Å²) in [6.45, 7) is 4.31. The van der Waals surface area contributed by atoms with Crippen LogP contribution >= 0.6 is 11.8 Å². The van der Waals surface area contributed by atoms with E-state index in [1.807, 2.05) is 6.26 Å². The van der Waals surface area contributed by atoms with Gasteiger partial charge in [0.25, 0.3) is 11.1 Å². The van der Waals surface area contributed by atoms with Gasteiger partial charge in [-0.15, -0.1) is 10.2 Å². The third kappa shape index (κ3) is 3.00. The fourth-order valence-electron chi connectivity index (χ4n) is 1.14. The van der Waals surface area contributed by atoms with Crippen LogP contribution in [0.1, 0.15) is 32.2 Å². The standard InChI is InChI=1S/C8H15N3OS/c1-5(2)4-6(9)7-10-11-8(12-7)13-3/h5-6H,4,9H2,1-3H3/p+1. The summed E-state index contributed by atoms with van der Waals surface area (Å²) in [6, 6.07) is 0.119. The van der Waals surface area contributed by atoms with Crippen LogP contribution in [0, 0.1) is 5.92 Å². The Balaban J connectivity index is 2.60. The van der Waals surface area contributed by atoms with Gasteiger partial charge in [0.15, 0.2) is 6.04 Å². The molecule has 0 spiro atoms. The predicted molar refractivity (Wildman–Crippen MR) is 51.2 cm³/mol. The Morgan fingerprint density at radius 2 is 2.15 bits per heavy atom. The second-order valence-corrected chi connectivity index (χ2v) is 4.19. The van der Waals surface area contributed by atoms with Crippen LogP contribution in [0.4, 0.5) is 0 Å². The molecule has 0 aliphatic rings. The summed E-state index contributed by atoms with van der Waals surface area (Å²) in [5.74, 6) is 1.25. The molecule has 0 bridgehead atoms. The molecular formula is C8H16N3OS+. The van der Waals surface area contributed by atoms with Gasteiger partial charge in [-0.2, -0.15) is 0 Å². The van der Waals surface area contributed by atoms with Crippen molar-refractivity contribution < 1.29 is 10.2 Å². The highest BCUT2D eigenvalue weighted by molar-refractivity contribution is 7.98. The zero-order valence-electron chi connectivity index (χ0n) is 8.28. The Morgan fingerprint density at radius 1 is 1.46 bits per heavy atom. The lowest BCUT2D eigenvalue weighted by molar-refractivity contribution is -0.435. The number of rotatable bonds is 4. The SMILES string of the molecule is CSc1nnc(C([NH3+])CC(C)C)o1. The summed E-state index contributed by atoms with van der Waals surface area (Å²) >= 11 is 1.46. The van der Waals surface area contributed by atoms with Crippen LogP contribution in [0.25, 0.3) is 0 Å². The maximum Gasteiger partial charge on any atom is 0.276 e. The molecule has 1 rings (SSSR count). The summed E-state index contributed by atoms with van der Waals surface area (Å²) in [5, 5.41) is 8.43. The number of hydrogen-bond donors (Lipinski definition) is 1. The fraction of sp³-hybridized carbons (Fsp3) is 0.750. The molecule has 0 aliphatic heterocycles. The Hall–Kier alpha value is -0.550. The summed E-state index contributed by atoms with van der Waals surface area (Å²) < 4.78 is 5.37. The van der Waals surface area contributed by atoms with Gasteiger partial charge in [0.2, 0.25) is 0 Å². The molecule has 74 valence electrons. The summed E-state index contributed by atoms with van der Waals surface area (Å²) in [7, 11) is 0. The normalized spacial score (nSPS) is 13.6. The smallest absolute Gasteiger partial charge is 0.276 e. The minimum absolute atomic E-state index is 0.119. The van der Waals surface area contributed by atoms with Gasteiger partial charge in [-0.05, 0) is 12.2 Å². The fourth-order valence-corrected chi connectivity index (χ4v) is 1.43. The van der Waals surface area contributed by atoms with Gasteiger partial charge in [0, 0.05) is 6.42 Å². The van der Waals surface area contributed by atoms with E-state index in [0.29, 0.717) is 17.0 Å². The molecule has 3 N–H and O–H groups in total. The average Bonchev–Trinajstić information content (AvgIpc) is 2.50. The van der Waals surface area contributed by atoms with Gasteiger partial charge >= 0.3 is 0 Å². The molecule has 0 amide bonds. The minimum Gasteiger partial charge on any atom is -0.410 e. The zero-order valence-corrected chi connectivity index (χ0v) is 9.10. The molecule has 0 radical (unpaired) electrons. The summed E-state index contributed by atoms with van der Waals surface area (Å²) in [6.07, 6.45) is 2.90. The first-order chi connectivity index (χ1) is 6.13. The minimum atomic E-state index is 0.119. The van der Waals surface area contributed by atoms with E-state index in [1.54, 1.807) is 0 Å². The Bertz CT molecular complexity index is 262. The van der Waals surface area contributed by atoms with E-state index >= 15 is 0 Å². The van der Waals surface area contributed by atoms with Gasteiger partial charge in [0.1, 0.15) is 0 Å². The van der Waals surface area contributed by atoms with Crippen LogP contribution in [0.3, 0.4) is 0 Å². The monoisotopic (exact) mass is 202 g/mol. The molecule has 1 aromatic heterocycles. The number of hydrogen-bond acceptors (Lipinski definition) is 4. The summed E-state index contributed by atoms with van der Waals surface area (Å²) in [5.41, 5.74) is 3.99. The molecule has 13 heavy (non-hydrogen) atoms. The van der Waals surface area contributed by atoms with Gasteiger partial charge in [-0.25, -0.2) is 0 Å². The molecule has 1 unspecified atom stereocenters. The number of quaternary nitrogens is 1. The number of nitrogens with zero attached hydrogens (tertiary/aromatic N) is 2. The maximum absolute atomic E-state index is 5.37. The van der Waals surface area contributed by atoms with Crippen LogP contribution in [0.15, 0.2) is 9.64 Å². The molecule has 4 nitrogen and oxygen atoms in total. The first-order valence-electron chi connectivity index (χ1n) is 4.34. The molecule has 1 atom stereocenters. The van der Waals surface area contributed by atoms with Crippen molar-refractivity contribution in [3.8, 4) is 0 Å². The van der Waals surface area contributed by atoms with Crippen molar-refractivity contribution in [2.24, 2.45) is 5.92 Å². The Labute approximate surface area is 82.3 Å². The van der Waals surface area contributed by atoms with E-state index in [4.69, 9.17) is 4.42 Å². The van der Waals surface area contributed by atoms with Crippen LogP contribution in [0.5, 0.6) is 0 Å². The summed E-state index contributed by atoms with van der Waals surface area (Å²) in [4.78, 5) is 0. The lowest BCUT2D eigenvalue weighted by atomic mass is 10.1. The van der Waals surface area contributed by atoms with Crippen molar-refractivity contribution in [2.75, 3.05) is 6.26 Å². The Kier molecular flexibility index (Phi) is 3.74. The highest BCUT2D eigenvalue weighted by atomic mass is 32.2. The molecule has 0 fully saturated rings. The van der Waals surface area contributed by atoms with Gasteiger partial charge in [-0.1, -0.05) is 25.6 Å². The van der Waals surface area contributed by atoms with Crippen molar-refractivity contribution in [3.63, 3.8) is 0 Å². The van der Waals surface area contributed by atoms with Crippen LogP contribution < -0.4 is 5.73 Å². The van der Waals surface area contributed by atoms with Crippen LogP contribution in [0.2, 0.25) is 0 Å². The van der Waals surface area contributed by atoms with E-state index in [1.165, 1.54) is 11.8 Å². The van der Waals surface area contributed by atoms with Gasteiger partial charge in [0.05, 0.1) is 0 Å². The van der Waals surface area contributed by atoms with Crippen LogP contribution in [-0.4, -0.2) is 16.5 Å². The average molecular weight is 202 g/mol. The third-order valence-electron chi connectivity index (χ3n) is 1.70. The molecule has 5 heteroatoms.